The van der Waals surface area contributed by atoms with E-state index in [-0.39, 0.29) is 21.2 Å². The second kappa shape index (κ2) is 9.69. The van der Waals surface area contributed by atoms with Gasteiger partial charge in [0.25, 0.3) is 11.4 Å². The number of nitrogens with zero attached hydrogens (tertiary/aromatic N) is 4. The van der Waals surface area contributed by atoms with Crippen LogP contribution in [0.5, 0.6) is 0 Å². The number of sulfonamides is 2. The predicted molar refractivity (Wildman–Crippen MR) is 116 cm³/mol. The van der Waals surface area contributed by atoms with E-state index < -0.39 is 68.3 Å². The summed E-state index contributed by atoms with van der Waals surface area (Å²) in [7, 11) is -8.54. The molecule has 0 amide bonds. The lowest BCUT2D eigenvalue weighted by atomic mass is 10.2. The van der Waals surface area contributed by atoms with Gasteiger partial charge in [0.15, 0.2) is 0 Å². The molecule has 0 unspecified atom stereocenters. The lowest BCUT2D eigenvalue weighted by molar-refractivity contribution is -0.385. The molecule has 16 heteroatoms. The van der Waals surface area contributed by atoms with Crippen molar-refractivity contribution in [1.82, 2.24) is 8.61 Å². The van der Waals surface area contributed by atoms with Crippen LogP contribution in [0.3, 0.4) is 0 Å². The van der Waals surface area contributed by atoms with Crippen LogP contribution in [0.2, 0.25) is 0 Å². The number of rotatable bonds is 6. The fourth-order valence-corrected chi connectivity index (χ4v) is 6.40. The Balaban J connectivity index is 1.82. The van der Waals surface area contributed by atoms with Crippen LogP contribution >= 0.6 is 0 Å². The van der Waals surface area contributed by atoms with Crippen LogP contribution < -0.4 is 0 Å². The van der Waals surface area contributed by atoms with Gasteiger partial charge in [-0.3, -0.25) is 20.2 Å². The van der Waals surface area contributed by atoms with Gasteiger partial charge in [0.1, 0.15) is 0 Å². The molecule has 0 radical (unpaired) electrons. The Kier molecular flexibility index (Phi) is 7.29. The second-order valence-corrected chi connectivity index (χ2v) is 11.3. The molecule has 1 fully saturated rings. The molecule has 1 aliphatic rings. The SMILES string of the molecule is O=[N+]([O-])c1ccc(S(=O)(=O)N2CC(O)CN(S(=O)(=O)c3ccc([N+](=O)[O-])cc3)CC(O)C2)cc1. The van der Waals surface area contributed by atoms with Gasteiger partial charge in [0.05, 0.1) is 31.8 Å². The molecule has 2 N–H and O–H groups in total. The summed E-state index contributed by atoms with van der Waals surface area (Å²) in [6.45, 7) is -2.21. The van der Waals surface area contributed by atoms with E-state index in [2.05, 4.69) is 0 Å². The smallest absolute Gasteiger partial charge is 0.269 e. The molecule has 14 nitrogen and oxygen atoms in total. The normalized spacial score (nSPS) is 20.9. The Labute approximate surface area is 194 Å². The first kappa shape index (κ1) is 25.6. The van der Waals surface area contributed by atoms with Crippen LogP contribution in [-0.4, -0.2) is 83.9 Å². The number of aliphatic hydroxyl groups excluding tert-OH is 2. The maximum Gasteiger partial charge on any atom is 0.269 e. The largest absolute Gasteiger partial charge is 0.390 e. The maximum absolute atomic E-state index is 13.0. The van der Waals surface area contributed by atoms with E-state index in [4.69, 9.17) is 0 Å². The third-order valence-corrected chi connectivity index (χ3v) is 8.72. The Bertz CT molecular complexity index is 1170. The number of aliphatic hydroxyl groups is 2. The standard InChI is InChI=1S/C18H20N4O10S2/c23-15-9-19(33(29,30)17-5-1-13(2-6-17)21(25)26)10-16(24)12-20(11-15)34(31,32)18-7-3-14(4-8-18)22(27)28/h1-8,15-16,23-24H,9-12H2. The van der Waals surface area contributed by atoms with Crippen molar-refractivity contribution in [2.24, 2.45) is 0 Å². The highest BCUT2D eigenvalue weighted by atomic mass is 32.2. The average molecular weight is 517 g/mol. The van der Waals surface area contributed by atoms with Crippen molar-refractivity contribution >= 4 is 31.4 Å². The summed E-state index contributed by atoms with van der Waals surface area (Å²) < 4.78 is 53.4. The van der Waals surface area contributed by atoms with Gasteiger partial charge in [0, 0.05) is 50.4 Å². The van der Waals surface area contributed by atoms with E-state index in [0.29, 0.717) is 0 Å². The molecular formula is C18H20N4O10S2. The van der Waals surface area contributed by atoms with Crippen LogP contribution in [0.4, 0.5) is 11.4 Å². The molecular weight excluding hydrogens is 496 g/mol. The number of β-amino-alcohol motifs (C(OH)–C–C–N with tert-alkyl or cyclic N) is 2. The summed E-state index contributed by atoms with van der Waals surface area (Å²) in [6, 6.07) is 8.11. The van der Waals surface area contributed by atoms with Crippen LogP contribution in [0.25, 0.3) is 0 Å². The van der Waals surface area contributed by atoms with Crippen molar-refractivity contribution in [2.45, 2.75) is 22.0 Å². The highest BCUT2D eigenvalue weighted by molar-refractivity contribution is 7.89. The summed E-state index contributed by atoms with van der Waals surface area (Å²) in [5, 5.41) is 42.4. The van der Waals surface area contributed by atoms with Gasteiger partial charge in [-0.15, -0.1) is 0 Å². The van der Waals surface area contributed by atoms with Crippen molar-refractivity contribution in [3.63, 3.8) is 0 Å². The molecule has 0 saturated carbocycles. The van der Waals surface area contributed by atoms with Gasteiger partial charge < -0.3 is 10.2 Å². The average Bonchev–Trinajstić information content (AvgIpc) is 2.77. The summed E-state index contributed by atoms with van der Waals surface area (Å²) in [4.78, 5) is 19.6. The van der Waals surface area contributed by atoms with Crippen LogP contribution in [0.1, 0.15) is 0 Å². The number of hydrogen-bond acceptors (Lipinski definition) is 10. The minimum absolute atomic E-state index is 0.298. The molecule has 1 aliphatic heterocycles. The first-order chi connectivity index (χ1) is 15.8. The lowest BCUT2D eigenvalue weighted by Crippen LogP contribution is -2.53. The van der Waals surface area contributed by atoms with Gasteiger partial charge >= 0.3 is 0 Å². The predicted octanol–water partition coefficient (Wildman–Crippen LogP) is -0.0800. The molecule has 0 spiro atoms. The number of nitro benzene ring substituents is 2. The molecule has 2 aromatic carbocycles. The molecule has 0 bridgehead atoms. The van der Waals surface area contributed by atoms with E-state index in [1.54, 1.807) is 0 Å². The number of hydrogen-bond donors (Lipinski definition) is 2. The van der Waals surface area contributed by atoms with E-state index in [9.17, 15) is 47.3 Å². The number of nitro groups is 2. The molecule has 2 aromatic rings. The fourth-order valence-electron chi connectivity index (χ4n) is 3.38. The molecule has 0 atom stereocenters. The zero-order chi connectivity index (χ0) is 25.3. The highest BCUT2D eigenvalue weighted by Crippen LogP contribution is 2.24. The monoisotopic (exact) mass is 516 g/mol. The first-order valence-electron chi connectivity index (χ1n) is 9.67. The van der Waals surface area contributed by atoms with Crippen molar-refractivity contribution < 1.29 is 36.9 Å². The number of non-ortho nitro benzene ring substituents is 2. The second-order valence-electron chi connectivity index (χ2n) is 7.45. The molecule has 0 aromatic heterocycles. The van der Waals surface area contributed by atoms with E-state index in [1.165, 1.54) is 0 Å². The van der Waals surface area contributed by atoms with Gasteiger partial charge in [-0.25, -0.2) is 16.8 Å². The van der Waals surface area contributed by atoms with Gasteiger partial charge in [-0.1, -0.05) is 0 Å². The minimum atomic E-state index is -4.27. The Morgan fingerprint density at radius 1 is 0.647 bits per heavy atom. The quantitative estimate of drug-likeness (QED) is 0.386. The Morgan fingerprint density at radius 2 is 0.912 bits per heavy atom. The van der Waals surface area contributed by atoms with Crippen molar-refractivity contribution in [1.29, 1.82) is 0 Å². The zero-order valence-electron chi connectivity index (χ0n) is 17.4. The van der Waals surface area contributed by atoms with Crippen molar-refractivity contribution in [3.8, 4) is 0 Å². The zero-order valence-corrected chi connectivity index (χ0v) is 19.0. The Hall–Kier alpha value is -3.02. The van der Waals surface area contributed by atoms with Crippen LogP contribution in [0.15, 0.2) is 58.3 Å². The molecule has 34 heavy (non-hydrogen) atoms. The van der Waals surface area contributed by atoms with Gasteiger partial charge in [-0.2, -0.15) is 8.61 Å². The lowest BCUT2D eigenvalue weighted by Gasteiger charge is -2.34. The van der Waals surface area contributed by atoms with Crippen LogP contribution in [0, 0.1) is 20.2 Å². The topological polar surface area (TPSA) is 201 Å². The third kappa shape index (κ3) is 5.37. The van der Waals surface area contributed by atoms with Crippen LogP contribution in [-0.2, 0) is 20.0 Å². The van der Waals surface area contributed by atoms with Crippen molar-refractivity contribution in [2.75, 3.05) is 26.2 Å². The van der Waals surface area contributed by atoms with Crippen molar-refractivity contribution in [3.05, 3.63) is 68.8 Å². The van der Waals surface area contributed by atoms with E-state index in [0.717, 1.165) is 57.1 Å². The molecule has 1 saturated heterocycles. The summed E-state index contributed by atoms with van der Waals surface area (Å²) in [6.07, 6.45) is -2.96. The Morgan fingerprint density at radius 3 is 1.15 bits per heavy atom. The minimum Gasteiger partial charge on any atom is -0.390 e. The van der Waals surface area contributed by atoms with E-state index in [1.807, 2.05) is 0 Å². The van der Waals surface area contributed by atoms with Gasteiger partial charge in [0.2, 0.25) is 20.0 Å². The first-order valence-corrected chi connectivity index (χ1v) is 12.6. The van der Waals surface area contributed by atoms with Gasteiger partial charge in [-0.05, 0) is 24.3 Å². The summed E-state index contributed by atoms with van der Waals surface area (Å²) >= 11 is 0. The third-order valence-electron chi connectivity index (χ3n) is 5.03. The molecule has 1 heterocycles. The maximum atomic E-state index is 13.0. The summed E-state index contributed by atoms with van der Waals surface area (Å²) in [5.74, 6) is 0. The molecule has 3 rings (SSSR count). The van der Waals surface area contributed by atoms with E-state index >= 15 is 0 Å². The molecule has 0 aliphatic carbocycles. The molecule has 184 valence electrons. The highest BCUT2D eigenvalue weighted by Gasteiger charge is 2.36. The number of benzene rings is 2. The fraction of sp³-hybridized carbons (Fsp3) is 0.333. The summed E-state index contributed by atoms with van der Waals surface area (Å²) in [5.41, 5.74) is -0.641.